The van der Waals surface area contributed by atoms with E-state index in [1.54, 1.807) is 0 Å². The van der Waals surface area contributed by atoms with E-state index in [1.165, 1.54) is 11.8 Å². The van der Waals surface area contributed by atoms with Gasteiger partial charge in [-0.3, -0.25) is 0 Å². The van der Waals surface area contributed by atoms with Crippen molar-refractivity contribution in [2.75, 3.05) is 12.0 Å². The van der Waals surface area contributed by atoms with Crippen molar-refractivity contribution in [2.24, 2.45) is 0 Å². The van der Waals surface area contributed by atoms with E-state index in [0.717, 1.165) is 12.8 Å². The molecule has 0 radical (unpaired) electrons. The van der Waals surface area contributed by atoms with Crippen LogP contribution in [-0.2, 0) is 4.74 Å². The Labute approximate surface area is 92.9 Å². The van der Waals surface area contributed by atoms with E-state index < -0.39 is 0 Å². The number of thioether (sulfide) groups is 1. The molecule has 1 aromatic rings. The molecule has 0 aliphatic carbocycles. The maximum absolute atomic E-state index is 5.68. The largest absolute Gasteiger partial charge is 0.368 e. The zero-order valence-electron chi connectivity index (χ0n) is 8.80. The molecule has 2 atom stereocenters. The minimum atomic E-state index is -0.0174. The third kappa shape index (κ3) is 2.38. The Kier molecular flexibility index (Phi) is 3.06. The molecule has 0 aromatic carbocycles. The number of hydrogen-bond donors (Lipinski definition) is 1. The summed E-state index contributed by atoms with van der Waals surface area (Å²) in [4.78, 5) is 12.4. The predicted molar refractivity (Wildman–Crippen MR) is 58.5 cm³/mol. The molecule has 1 saturated heterocycles. The van der Waals surface area contributed by atoms with Crippen LogP contribution in [-0.4, -0.2) is 27.3 Å². The smallest absolute Gasteiger partial charge is 0.224 e. The van der Waals surface area contributed by atoms with Gasteiger partial charge in [0.1, 0.15) is 6.10 Å². The number of nitrogens with zero attached hydrogens (tertiary/aromatic N) is 3. The summed E-state index contributed by atoms with van der Waals surface area (Å²) >= 11 is 1.46. The molecule has 1 aliphatic rings. The molecule has 0 spiro atoms. The van der Waals surface area contributed by atoms with Gasteiger partial charge in [0.25, 0.3) is 0 Å². The van der Waals surface area contributed by atoms with Gasteiger partial charge in [-0.15, -0.1) is 0 Å². The van der Waals surface area contributed by atoms with Crippen LogP contribution in [0.3, 0.4) is 0 Å². The highest BCUT2D eigenvalue weighted by Crippen LogP contribution is 2.31. The third-order valence-electron chi connectivity index (χ3n) is 2.35. The third-order valence-corrected chi connectivity index (χ3v) is 2.90. The Bertz CT molecular complexity index is 360. The summed E-state index contributed by atoms with van der Waals surface area (Å²) in [6, 6.07) is 0. The van der Waals surface area contributed by atoms with E-state index in [4.69, 9.17) is 10.5 Å². The second-order valence-electron chi connectivity index (χ2n) is 3.55. The molecule has 2 heterocycles. The van der Waals surface area contributed by atoms with E-state index >= 15 is 0 Å². The molecule has 2 rings (SSSR count). The van der Waals surface area contributed by atoms with Crippen LogP contribution in [0, 0.1) is 0 Å². The number of nitrogens with two attached hydrogens (primary N) is 1. The Morgan fingerprint density at radius 3 is 2.73 bits per heavy atom. The highest BCUT2D eigenvalue weighted by Gasteiger charge is 2.26. The molecule has 5 nitrogen and oxygen atoms in total. The fraction of sp³-hybridized carbons (Fsp3) is 0.667. The zero-order chi connectivity index (χ0) is 10.8. The topological polar surface area (TPSA) is 73.9 Å². The van der Waals surface area contributed by atoms with Crippen molar-refractivity contribution in [1.29, 1.82) is 0 Å². The molecule has 1 fully saturated rings. The van der Waals surface area contributed by atoms with Crippen molar-refractivity contribution in [3.63, 3.8) is 0 Å². The highest BCUT2D eigenvalue weighted by molar-refractivity contribution is 7.98. The summed E-state index contributed by atoms with van der Waals surface area (Å²) in [6.45, 7) is 2.06. The Balaban J connectivity index is 2.24. The molecule has 0 bridgehead atoms. The van der Waals surface area contributed by atoms with Crippen LogP contribution in [0.1, 0.15) is 31.7 Å². The lowest BCUT2D eigenvalue weighted by atomic mass is 10.2. The van der Waals surface area contributed by atoms with Crippen LogP contribution < -0.4 is 5.73 Å². The van der Waals surface area contributed by atoms with E-state index in [0.29, 0.717) is 11.0 Å². The molecular weight excluding hydrogens is 212 g/mol. The van der Waals surface area contributed by atoms with Crippen molar-refractivity contribution in [3.05, 3.63) is 5.82 Å². The van der Waals surface area contributed by atoms with Crippen LogP contribution in [0.2, 0.25) is 0 Å². The van der Waals surface area contributed by atoms with E-state index in [9.17, 15) is 0 Å². The van der Waals surface area contributed by atoms with Gasteiger partial charge in [0.05, 0.1) is 6.10 Å². The van der Waals surface area contributed by atoms with Crippen molar-refractivity contribution < 1.29 is 4.74 Å². The number of aromatic nitrogens is 3. The number of nitrogen functional groups attached to an aromatic ring is 1. The number of anilines is 1. The van der Waals surface area contributed by atoms with Crippen molar-refractivity contribution in [3.8, 4) is 0 Å². The quantitative estimate of drug-likeness (QED) is 0.769. The van der Waals surface area contributed by atoms with Crippen LogP contribution >= 0.6 is 11.8 Å². The molecule has 0 amide bonds. The maximum atomic E-state index is 5.68. The number of hydrogen-bond acceptors (Lipinski definition) is 6. The molecule has 2 N–H and O–H groups in total. The number of rotatable bonds is 2. The van der Waals surface area contributed by atoms with E-state index in [-0.39, 0.29) is 18.2 Å². The molecular formula is C9H14N4OS. The average molecular weight is 226 g/mol. The lowest BCUT2D eigenvalue weighted by Gasteiger charge is -2.10. The summed E-state index contributed by atoms with van der Waals surface area (Å²) in [5, 5.41) is 0.653. The standard InChI is InChI=1S/C9H14N4OS/c1-5-3-4-6(14-5)7-11-8(10)13-9(12-7)15-2/h5-6H,3-4H2,1-2H3,(H2,10,11,12,13). The Morgan fingerprint density at radius 2 is 2.13 bits per heavy atom. The fourth-order valence-electron chi connectivity index (χ4n) is 1.62. The first-order chi connectivity index (χ1) is 7.19. The van der Waals surface area contributed by atoms with Crippen LogP contribution in [0.25, 0.3) is 0 Å². The minimum absolute atomic E-state index is 0.0174. The highest BCUT2D eigenvalue weighted by atomic mass is 32.2. The van der Waals surface area contributed by atoms with E-state index in [1.807, 2.05) is 6.26 Å². The first kappa shape index (κ1) is 10.6. The van der Waals surface area contributed by atoms with Crippen molar-refractivity contribution in [1.82, 2.24) is 15.0 Å². The first-order valence-electron chi connectivity index (χ1n) is 4.90. The Hall–Kier alpha value is -0.880. The van der Waals surface area contributed by atoms with Crippen LogP contribution in [0.15, 0.2) is 5.16 Å². The molecule has 6 heteroatoms. The monoisotopic (exact) mass is 226 g/mol. The lowest BCUT2D eigenvalue weighted by molar-refractivity contribution is 0.0498. The van der Waals surface area contributed by atoms with Gasteiger partial charge < -0.3 is 10.5 Å². The van der Waals surface area contributed by atoms with Gasteiger partial charge in [0.2, 0.25) is 5.95 Å². The SMILES string of the molecule is CSc1nc(N)nc(C2CCC(C)O2)n1. The molecule has 82 valence electrons. The molecule has 1 aromatic heterocycles. The second-order valence-corrected chi connectivity index (χ2v) is 4.32. The van der Waals surface area contributed by atoms with Crippen LogP contribution in [0.4, 0.5) is 5.95 Å². The van der Waals surface area contributed by atoms with Gasteiger partial charge in [-0.1, -0.05) is 11.8 Å². The predicted octanol–water partition coefficient (Wildman–Crippen LogP) is 1.42. The summed E-state index contributed by atoms with van der Waals surface area (Å²) in [5.74, 6) is 0.934. The average Bonchev–Trinajstić information content (AvgIpc) is 2.64. The van der Waals surface area contributed by atoms with Gasteiger partial charge in [-0.2, -0.15) is 9.97 Å². The van der Waals surface area contributed by atoms with Crippen molar-refractivity contribution in [2.45, 2.75) is 37.1 Å². The molecule has 1 aliphatic heterocycles. The fourth-order valence-corrected chi connectivity index (χ4v) is 1.99. The van der Waals surface area contributed by atoms with Gasteiger partial charge in [-0.25, -0.2) is 4.98 Å². The zero-order valence-corrected chi connectivity index (χ0v) is 9.62. The summed E-state index contributed by atoms with van der Waals surface area (Å²) in [7, 11) is 0. The van der Waals surface area contributed by atoms with Crippen LogP contribution in [0.5, 0.6) is 0 Å². The molecule has 0 saturated carbocycles. The molecule has 15 heavy (non-hydrogen) atoms. The van der Waals surface area contributed by atoms with E-state index in [2.05, 4.69) is 21.9 Å². The molecule has 2 unspecified atom stereocenters. The normalized spacial score (nSPS) is 25.7. The summed E-state index contributed by atoms with van der Waals surface area (Å²) in [6.07, 6.45) is 4.18. The first-order valence-corrected chi connectivity index (χ1v) is 6.12. The van der Waals surface area contributed by atoms with Gasteiger partial charge in [-0.05, 0) is 26.0 Å². The van der Waals surface area contributed by atoms with Crippen molar-refractivity contribution >= 4 is 17.7 Å². The number of ether oxygens (including phenoxy) is 1. The summed E-state index contributed by atoms with van der Waals surface area (Å²) < 4.78 is 5.68. The Morgan fingerprint density at radius 1 is 1.33 bits per heavy atom. The summed E-state index contributed by atoms with van der Waals surface area (Å²) in [5.41, 5.74) is 5.61. The lowest BCUT2D eigenvalue weighted by Crippen LogP contribution is -2.09. The van der Waals surface area contributed by atoms with Gasteiger partial charge in [0, 0.05) is 0 Å². The second kappa shape index (κ2) is 4.32. The maximum Gasteiger partial charge on any atom is 0.224 e. The minimum Gasteiger partial charge on any atom is -0.368 e. The van der Waals surface area contributed by atoms with Gasteiger partial charge >= 0.3 is 0 Å². The van der Waals surface area contributed by atoms with Gasteiger partial charge in [0.15, 0.2) is 11.0 Å².